The van der Waals surface area contributed by atoms with Gasteiger partial charge < -0.3 is 5.32 Å². The highest BCUT2D eigenvalue weighted by Gasteiger charge is 2.48. The third-order valence-corrected chi connectivity index (χ3v) is 3.68. The molecule has 0 aromatic heterocycles. The number of hydrogen-bond donors (Lipinski definition) is 1. The van der Waals surface area contributed by atoms with Gasteiger partial charge in [0.15, 0.2) is 0 Å². The Bertz CT molecular complexity index is 145. The molecule has 0 aromatic carbocycles. The van der Waals surface area contributed by atoms with Gasteiger partial charge in [-0.25, -0.2) is 0 Å². The van der Waals surface area contributed by atoms with Crippen LogP contribution in [0.2, 0.25) is 0 Å². The van der Waals surface area contributed by atoms with Crippen molar-refractivity contribution in [3.8, 4) is 0 Å². The van der Waals surface area contributed by atoms with Crippen molar-refractivity contribution in [2.24, 2.45) is 11.8 Å². The van der Waals surface area contributed by atoms with E-state index < -0.39 is 0 Å². The maximum Gasteiger partial charge on any atom is 0.0224 e. The van der Waals surface area contributed by atoms with E-state index in [1.807, 2.05) is 0 Å². The molecule has 1 aliphatic carbocycles. The lowest BCUT2D eigenvalue weighted by Crippen LogP contribution is -2.65. The van der Waals surface area contributed by atoms with Gasteiger partial charge in [0.05, 0.1) is 0 Å². The van der Waals surface area contributed by atoms with Crippen LogP contribution in [-0.4, -0.2) is 12.1 Å². The Morgan fingerprint density at radius 2 is 1.91 bits per heavy atom. The van der Waals surface area contributed by atoms with Crippen LogP contribution in [0.1, 0.15) is 39.5 Å². The van der Waals surface area contributed by atoms with Crippen LogP contribution in [0.5, 0.6) is 0 Å². The second-order valence-electron chi connectivity index (χ2n) is 4.59. The van der Waals surface area contributed by atoms with Crippen LogP contribution in [0.3, 0.4) is 0 Å². The zero-order valence-electron chi connectivity index (χ0n) is 7.69. The molecule has 11 heavy (non-hydrogen) atoms. The molecule has 1 saturated heterocycles. The van der Waals surface area contributed by atoms with Crippen molar-refractivity contribution in [3.63, 3.8) is 0 Å². The molecule has 0 radical (unpaired) electrons. The van der Waals surface area contributed by atoms with Crippen molar-refractivity contribution >= 4 is 0 Å². The molecule has 0 unspecified atom stereocenters. The second-order valence-corrected chi connectivity index (χ2v) is 4.59. The quantitative estimate of drug-likeness (QED) is 0.609. The van der Waals surface area contributed by atoms with Gasteiger partial charge >= 0.3 is 0 Å². The molecule has 1 nitrogen and oxygen atoms in total. The molecular weight excluding hydrogens is 134 g/mol. The molecule has 1 atom stereocenters. The first-order chi connectivity index (χ1) is 5.25. The van der Waals surface area contributed by atoms with Crippen molar-refractivity contribution < 1.29 is 0 Å². The molecule has 1 heteroatoms. The van der Waals surface area contributed by atoms with E-state index in [9.17, 15) is 0 Å². The second kappa shape index (κ2) is 2.48. The molecule has 2 aliphatic rings. The lowest BCUT2D eigenvalue weighted by Gasteiger charge is -2.51. The van der Waals surface area contributed by atoms with Crippen molar-refractivity contribution in [2.45, 2.75) is 45.1 Å². The summed E-state index contributed by atoms with van der Waals surface area (Å²) >= 11 is 0. The van der Waals surface area contributed by atoms with E-state index in [1.165, 1.54) is 32.2 Å². The predicted molar refractivity (Wildman–Crippen MR) is 47.5 cm³/mol. The fraction of sp³-hybridized carbons (Fsp3) is 1.00. The third kappa shape index (κ3) is 1.01. The van der Waals surface area contributed by atoms with Crippen LogP contribution in [0.4, 0.5) is 0 Å². The van der Waals surface area contributed by atoms with Gasteiger partial charge in [0, 0.05) is 12.1 Å². The summed E-state index contributed by atoms with van der Waals surface area (Å²) < 4.78 is 0. The molecule has 0 aromatic rings. The largest absolute Gasteiger partial charge is 0.311 e. The predicted octanol–water partition coefficient (Wildman–Crippen LogP) is 2.17. The van der Waals surface area contributed by atoms with E-state index in [4.69, 9.17) is 0 Å². The summed E-state index contributed by atoms with van der Waals surface area (Å²) in [6.45, 7) is 6.01. The Morgan fingerprint density at radius 3 is 2.27 bits per heavy atom. The third-order valence-electron chi connectivity index (χ3n) is 3.68. The highest BCUT2D eigenvalue weighted by Crippen LogP contribution is 2.44. The monoisotopic (exact) mass is 153 g/mol. The molecule has 1 aliphatic heterocycles. The van der Waals surface area contributed by atoms with Crippen LogP contribution in [-0.2, 0) is 0 Å². The van der Waals surface area contributed by atoms with E-state index in [2.05, 4.69) is 19.2 Å². The standard InChI is InChI=1S/C10H19N/c1-8(2)9-7-11-10(9)5-3-4-6-10/h8-9,11H,3-7H2,1-2H3/t9-/m0/s1. The molecule has 0 amide bonds. The molecular formula is C10H19N. The fourth-order valence-electron chi connectivity index (χ4n) is 2.94. The van der Waals surface area contributed by atoms with Crippen LogP contribution in [0, 0.1) is 11.8 Å². The SMILES string of the molecule is CC(C)[C@@H]1CNC12CCCC2. The topological polar surface area (TPSA) is 12.0 Å². The zero-order valence-corrected chi connectivity index (χ0v) is 7.69. The van der Waals surface area contributed by atoms with Gasteiger partial charge in [-0.2, -0.15) is 0 Å². The first-order valence-electron chi connectivity index (χ1n) is 5.00. The minimum Gasteiger partial charge on any atom is -0.311 e. The van der Waals surface area contributed by atoms with E-state index in [0.717, 1.165) is 11.8 Å². The Hall–Kier alpha value is -0.0400. The van der Waals surface area contributed by atoms with E-state index in [-0.39, 0.29) is 0 Å². The van der Waals surface area contributed by atoms with Gasteiger partial charge in [-0.15, -0.1) is 0 Å². The summed E-state index contributed by atoms with van der Waals surface area (Å²) in [6.07, 6.45) is 5.79. The molecule has 1 N–H and O–H groups in total. The summed E-state index contributed by atoms with van der Waals surface area (Å²) in [7, 11) is 0. The minimum absolute atomic E-state index is 0.605. The number of nitrogens with one attached hydrogen (secondary N) is 1. The lowest BCUT2D eigenvalue weighted by atomic mass is 9.69. The maximum absolute atomic E-state index is 3.65. The summed E-state index contributed by atoms with van der Waals surface area (Å²) in [5.41, 5.74) is 0.605. The zero-order chi connectivity index (χ0) is 7.90. The van der Waals surface area contributed by atoms with Gasteiger partial charge in [0.2, 0.25) is 0 Å². The average Bonchev–Trinajstić information content (AvgIpc) is 2.31. The number of hydrogen-bond acceptors (Lipinski definition) is 1. The van der Waals surface area contributed by atoms with Crippen molar-refractivity contribution in [3.05, 3.63) is 0 Å². The van der Waals surface area contributed by atoms with Gasteiger partial charge in [-0.1, -0.05) is 26.7 Å². The Labute approximate surface area is 69.6 Å². The summed E-state index contributed by atoms with van der Waals surface area (Å²) in [6, 6.07) is 0. The number of rotatable bonds is 1. The van der Waals surface area contributed by atoms with Gasteiger partial charge in [0.1, 0.15) is 0 Å². The van der Waals surface area contributed by atoms with E-state index >= 15 is 0 Å². The first kappa shape index (κ1) is 7.60. The molecule has 2 fully saturated rings. The maximum atomic E-state index is 3.65. The van der Waals surface area contributed by atoms with Crippen LogP contribution >= 0.6 is 0 Å². The van der Waals surface area contributed by atoms with Crippen LogP contribution < -0.4 is 5.32 Å². The molecule has 2 rings (SSSR count). The summed E-state index contributed by atoms with van der Waals surface area (Å²) in [5, 5.41) is 3.65. The highest BCUT2D eigenvalue weighted by molar-refractivity contribution is 5.07. The fourth-order valence-corrected chi connectivity index (χ4v) is 2.94. The Balaban J connectivity index is 2.03. The first-order valence-corrected chi connectivity index (χ1v) is 5.00. The normalized spacial score (nSPS) is 34.6. The lowest BCUT2D eigenvalue weighted by molar-refractivity contribution is 0.0659. The van der Waals surface area contributed by atoms with Crippen molar-refractivity contribution in [1.29, 1.82) is 0 Å². The summed E-state index contributed by atoms with van der Waals surface area (Å²) in [4.78, 5) is 0. The van der Waals surface area contributed by atoms with Gasteiger partial charge in [0.25, 0.3) is 0 Å². The Morgan fingerprint density at radius 1 is 1.27 bits per heavy atom. The van der Waals surface area contributed by atoms with Gasteiger partial charge in [-0.3, -0.25) is 0 Å². The molecule has 1 saturated carbocycles. The van der Waals surface area contributed by atoms with Crippen molar-refractivity contribution in [2.75, 3.05) is 6.54 Å². The smallest absolute Gasteiger partial charge is 0.0224 e. The Kier molecular flexibility index (Phi) is 1.71. The van der Waals surface area contributed by atoms with Crippen LogP contribution in [0.15, 0.2) is 0 Å². The van der Waals surface area contributed by atoms with E-state index in [0.29, 0.717) is 5.54 Å². The highest BCUT2D eigenvalue weighted by atomic mass is 15.1. The van der Waals surface area contributed by atoms with Crippen molar-refractivity contribution in [1.82, 2.24) is 5.32 Å². The van der Waals surface area contributed by atoms with Crippen LogP contribution in [0.25, 0.3) is 0 Å². The molecule has 64 valence electrons. The minimum atomic E-state index is 0.605. The molecule has 1 heterocycles. The molecule has 1 spiro atoms. The van der Waals surface area contributed by atoms with Gasteiger partial charge in [-0.05, 0) is 24.7 Å². The molecule has 0 bridgehead atoms. The summed E-state index contributed by atoms with van der Waals surface area (Å²) in [5.74, 6) is 1.86. The van der Waals surface area contributed by atoms with E-state index in [1.54, 1.807) is 0 Å². The average molecular weight is 153 g/mol.